The van der Waals surface area contributed by atoms with E-state index in [1.165, 1.54) is 11.8 Å². The topological polar surface area (TPSA) is 73.2 Å². The van der Waals surface area contributed by atoms with Crippen LogP contribution in [-0.2, 0) is 9.53 Å². The number of nitrogens with zero attached hydrogens (tertiary/aromatic N) is 2. The molecule has 0 saturated carbocycles. The lowest BCUT2D eigenvalue weighted by Gasteiger charge is -2.15. The summed E-state index contributed by atoms with van der Waals surface area (Å²) in [4.78, 5) is 29.9. The van der Waals surface area contributed by atoms with E-state index in [4.69, 9.17) is 4.74 Å². The molecular formula is C20H21N3O3S. The number of amides is 1. The van der Waals surface area contributed by atoms with Crippen LogP contribution in [0.25, 0.3) is 16.6 Å². The van der Waals surface area contributed by atoms with E-state index in [2.05, 4.69) is 10.3 Å². The van der Waals surface area contributed by atoms with Crippen molar-refractivity contribution >= 4 is 28.6 Å². The van der Waals surface area contributed by atoms with E-state index >= 15 is 0 Å². The fourth-order valence-electron chi connectivity index (χ4n) is 2.75. The van der Waals surface area contributed by atoms with Gasteiger partial charge in [0, 0.05) is 13.2 Å². The zero-order chi connectivity index (χ0) is 19.2. The molecule has 0 spiro atoms. The standard InChI is InChI=1S/C20H21N3O3S/c1-14(12-26-2)21-18(24)13-27-20-22-17-11-7-6-10-16(17)19(25)23(20)15-8-4-3-5-9-15/h3-11,14H,12-13H2,1-2H3,(H,21,24). The Morgan fingerprint density at radius 2 is 1.89 bits per heavy atom. The van der Waals surface area contributed by atoms with Gasteiger partial charge in [0.15, 0.2) is 5.16 Å². The number of carbonyl (C=O) groups excluding carboxylic acids is 1. The van der Waals surface area contributed by atoms with Gasteiger partial charge in [-0.1, -0.05) is 42.1 Å². The van der Waals surface area contributed by atoms with E-state index < -0.39 is 0 Å². The third-order valence-corrected chi connectivity index (χ3v) is 4.85. The van der Waals surface area contributed by atoms with Gasteiger partial charge in [0.25, 0.3) is 5.56 Å². The van der Waals surface area contributed by atoms with Gasteiger partial charge >= 0.3 is 0 Å². The molecule has 6 nitrogen and oxygen atoms in total. The van der Waals surface area contributed by atoms with Crippen molar-refractivity contribution in [3.63, 3.8) is 0 Å². The molecule has 1 aromatic heterocycles. The Morgan fingerprint density at radius 1 is 1.19 bits per heavy atom. The molecule has 140 valence electrons. The highest BCUT2D eigenvalue weighted by atomic mass is 32.2. The lowest BCUT2D eigenvalue weighted by atomic mass is 10.2. The largest absolute Gasteiger partial charge is 0.383 e. The van der Waals surface area contributed by atoms with Crippen LogP contribution < -0.4 is 10.9 Å². The number of nitrogens with one attached hydrogen (secondary N) is 1. The summed E-state index contributed by atoms with van der Waals surface area (Å²) < 4.78 is 6.58. The van der Waals surface area contributed by atoms with Crippen molar-refractivity contribution in [2.45, 2.75) is 18.1 Å². The molecule has 1 heterocycles. The average Bonchev–Trinajstić information content (AvgIpc) is 2.67. The van der Waals surface area contributed by atoms with Crippen LogP contribution in [0.5, 0.6) is 0 Å². The van der Waals surface area contributed by atoms with Crippen LogP contribution in [0.4, 0.5) is 0 Å². The van der Waals surface area contributed by atoms with Crippen LogP contribution in [-0.4, -0.2) is 41.0 Å². The number of ether oxygens (including phenoxy) is 1. The quantitative estimate of drug-likeness (QED) is 0.502. The molecule has 1 amide bonds. The minimum Gasteiger partial charge on any atom is -0.383 e. The molecule has 0 aliphatic heterocycles. The molecule has 0 bridgehead atoms. The van der Waals surface area contributed by atoms with E-state index in [0.717, 1.165) is 5.69 Å². The molecule has 2 aromatic carbocycles. The van der Waals surface area contributed by atoms with Gasteiger partial charge in [0.1, 0.15) is 0 Å². The zero-order valence-corrected chi connectivity index (χ0v) is 16.0. The van der Waals surface area contributed by atoms with Gasteiger partial charge in [-0.05, 0) is 31.2 Å². The summed E-state index contributed by atoms with van der Waals surface area (Å²) in [6, 6.07) is 16.5. The Morgan fingerprint density at radius 3 is 2.63 bits per heavy atom. The number of thioether (sulfide) groups is 1. The van der Waals surface area contributed by atoms with Gasteiger partial charge < -0.3 is 10.1 Å². The van der Waals surface area contributed by atoms with Crippen molar-refractivity contribution in [1.82, 2.24) is 14.9 Å². The number of para-hydroxylation sites is 2. The molecule has 3 aromatic rings. The molecule has 1 N–H and O–H groups in total. The van der Waals surface area contributed by atoms with Gasteiger partial charge in [0.2, 0.25) is 5.91 Å². The Labute approximate surface area is 161 Å². The molecular weight excluding hydrogens is 362 g/mol. The fourth-order valence-corrected chi connectivity index (χ4v) is 3.58. The summed E-state index contributed by atoms with van der Waals surface area (Å²) in [5.74, 6) is 0.0256. The number of fused-ring (bicyclic) bond motifs is 1. The minimum absolute atomic E-state index is 0.0796. The summed E-state index contributed by atoms with van der Waals surface area (Å²) in [7, 11) is 1.59. The van der Waals surface area contributed by atoms with E-state index in [1.807, 2.05) is 49.4 Å². The summed E-state index contributed by atoms with van der Waals surface area (Å²) in [6.45, 7) is 2.32. The zero-order valence-electron chi connectivity index (χ0n) is 15.2. The normalized spacial score (nSPS) is 12.1. The Bertz CT molecular complexity index is 989. The maximum atomic E-state index is 13.0. The second-order valence-electron chi connectivity index (χ2n) is 6.10. The molecule has 0 aliphatic rings. The van der Waals surface area contributed by atoms with Crippen LogP contribution in [0, 0.1) is 0 Å². The first-order valence-corrected chi connectivity index (χ1v) is 9.57. The minimum atomic E-state index is -0.151. The lowest BCUT2D eigenvalue weighted by molar-refractivity contribution is -0.119. The average molecular weight is 383 g/mol. The molecule has 0 saturated heterocycles. The third-order valence-electron chi connectivity index (χ3n) is 3.92. The number of carbonyl (C=O) groups is 1. The van der Waals surface area contributed by atoms with E-state index in [9.17, 15) is 9.59 Å². The van der Waals surface area contributed by atoms with Crippen molar-refractivity contribution in [3.8, 4) is 5.69 Å². The Hall–Kier alpha value is -2.64. The maximum Gasteiger partial charge on any atom is 0.266 e. The molecule has 0 radical (unpaired) electrons. The van der Waals surface area contributed by atoms with Crippen molar-refractivity contribution < 1.29 is 9.53 Å². The second-order valence-corrected chi connectivity index (χ2v) is 7.04. The van der Waals surface area contributed by atoms with Gasteiger partial charge in [-0.15, -0.1) is 0 Å². The van der Waals surface area contributed by atoms with Crippen molar-refractivity contribution in [2.75, 3.05) is 19.5 Å². The first-order valence-electron chi connectivity index (χ1n) is 8.58. The first-order chi connectivity index (χ1) is 13.1. The van der Waals surface area contributed by atoms with Gasteiger partial charge in [0.05, 0.1) is 29.0 Å². The number of benzene rings is 2. The second kappa shape index (κ2) is 8.83. The number of methoxy groups -OCH3 is 1. The summed E-state index contributed by atoms with van der Waals surface area (Å²) in [5, 5.41) is 3.89. The molecule has 1 atom stereocenters. The first kappa shape index (κ1) is 19.1. The van der Waals surface area contributed by atoms with Crippen LogP contribution >= 0.6 is 11.8 Å². The van der Waals surface area contributed by atoms with Gasteiger partial charge in [-0.3, -0.25) is 14.2 Å². The van der Waals surface area contributed by atoms with E-state index in [1.54, 1.807) is 23.8 Å². The van der Waals surface area contributed by atoms with Crippen LogP contribution in [0.1, 0.15) is 6.92 Å². The lowest BCUT2D eigenvalue weighted by Crippen LogP contribution is -2.36. The molecule has 7 heteroatoms. The highest BCUT2D eigenvalue weighted by Gasteiger charge is 2.15. The highest BCUT2D eigenvalue weighted by molar-refractivity contribution is 7.99. The van der Waals surface area contributed by atoms with Crippen LogP contribution in [0.15, 0.2) is 64.5 Å². The molecule has 0 fully saturated rings. The SMILES string of the molecule is COCC(C)NC(=O)CSc1nc2ccccc2c(=O)n1-c1ccccc1. The van der Waals surface area contributed by atoms with Crippen molar-refractivity contribution in [1.29, 1.82) is 0 Å². The summed E-state index contributed by atoms with van der Waals surface area (Å²) in [5.41, 5.74) is 1.18. The Kier molecular flexibility index (Phi) is 6.26. The van der Waals surface area contributed by atoms with Gasteiger partial charge in [-0.25, -0.2) is 4.98 Å². The van der Waals surface area contributed by atoms with E-state index in [-0.39, 0.29) is 23.3 Å². The summed E-state index contributed by atoms with van der Waals surface area (Å²) in [6.07, 6.45) is 0. The van der Waals surface area contributed by atoms with Crippen LogP contribution in [0.3, 0.4) is 0 Å². The molecule has 0 aliphatic carbocycles. The number of hydrogen-bond acceptors (Lipinski definition) is 5. The smallest absolute Gasteiger partial charge is 0.266 e. The number of hydrogen-bond donors (Lipinski definition) is 1. The summed E-state index contributed by atoms with van der Waals surface area (Å²) >= 11 is 1.24. The van der Waals surface area contributed by atoms with Crippen LogP contribution in [0.2, 0.25) is 0 Å². The van der Waals surface area contributed by atoms with Crippen molar-refractivity contribution in [3.05, 3.63) is 65.0 Å². The predicted octanol–water partition coefficient (Wildman–Crippen LogP) is 2.63. The number of rotatable bonds is 7. The third kappa shape index (κ3) is 4.56. The molecule has 27 heavy (non-hydrogen) atoms. The van der Waals surface area contributed by atoms with Gasteiger partial charge in [-0.2, -0.15) is 0 Å². The predicted molar refractivity (Wildman–Crippen MR) is 108 cm³/mol. The molecule has 3 rings (SSSR count). The maximum absolute atomic E-state index is 13.0. The number of aromatic nitrogens is 2. The molecule has 1 unspecified atom stereocenters. The fraction of sp³-hybridized carbons (Fsp3) is 0.250. The van der Waals surface area contributed by atoms with E-state index in [0.29, 0.717) is 22.7 Å². The Balaban J connectivity index is 1.94. The highest BCUT2D eigenvalue weighted by Crippen LogP contribution is 2.21. The van der Waals surface area contributed by atoms with Crippen molar-refractivity contribution in [2.24, 2.45) is 0 Å². The monoisotopic (exact) mass is 383 g/mol.